The van der Waals surface area contributed by atoms with Crippen molar-refractivity contribution >= 4 is 38.8 Å². The third-order valence-electron chi connectivity index (χ3n) is 5.54. The quantitative estimate of drug-likeness (QED) is 0.568. The van der Waals surface area contributed by atoms with E-state index in [0.29, 0.717) is 6.54 Å². The zero-order chi connectivity index (χ0) is 21.1. The van der Waals surface area contributed by atoms with Gasteiger partial charge in [-0.2, -0.15) is 0 Å². The van der Waals surface area contributed by atoms with Crippen LogP contribution in [0.4, 0.5) is 5.95 Å². The molecule has 3 aromatic rings. The predicted molar refractivity (Wildman–Crippen MR) is 120 cm³/mol. The van der Waals surface area contributed by atoms with E-state index in [1.807, 2.05) is 36.4 Å². The Balaban J connectivity index is 1.34. The number of carbonyl (C=O) groups is 1. The highest BCUT2D eigenvalue weighted by Gasteiger charge is 2.26. The van der Waals surface area contributed by atoms with Crippen LogP contribution in [0.1, 0.15) is 18.4 Å². The molecule has 1 aliphatic heterocycles. The largest absolute Gasteiger partial charge is 0.497 e. The van der Waals surface area contributed by atoms with E-state index in [9.17, 15) is 4.79 Å². The summed E-state index contributed by atoms with van der Waals surface area (Å²) in [5.74, 6) is 2.42. The third-order valence-corrected chi connectivity index (χ3v) is 6.03. The van der Waals surface area contributed by atoms with Crippen molar-refractivity contribution in [3.63, 3.8) is 0 Å². The molecule has 1 fully saturated rings. The summed E-state index contributed by atoms with van der Waals surface area (Å²) in [6, 6.07) is 11.6. The lowest BCUT2D eigenvalue weighted by Gasteiger charge is -2.31. The van der Waals surface area contributed by atoms with Gasteiger partial charge in [-0.1, -0.05) is 15.9 Å². The summed E-state index contributed by atoms with van der Waals surface area (Å²) in [7, 11) is 3.25. The second-order valence-electron chi connectivity index (χ2n) is 7.38. The number of amides is 1. The molecule has 30 heavy (non-hydrogen) atoms. The number of benzene rings is 2. The molecule has 4 rings (SSSR count). The Morgan fingerprint density at radius 1 is 1.20 bits per heavy atom. The summed E-state index contributed by atoms with van der Waals surface area (Å²) in [5, 5.41) is 3.06. The molecule has 7 nitrogen and oxygen atoms in total. The number of nitrogens with zero attached hydrogens (tertiary/aromatic N) is 2. The summed E-state index contributed by atoms with van der Waals surface area (Å²) in [6.45, 7) is 2.00. The number of fused-ring (bicyclic) bond motifs is 1. The molecule has 0 saturated carbocycles. The van der Waals surface area contributed by atoms with Gasteiger partial charge in [-0.15, -0.1) is 0 Å². The minimum absolute atomic E-state index is 0.00336. The SMILES string of the molecule is COc1ccc(OC)c(CNC(=O)C2CCN(c3nc4ccc(Br)cc4[nH]3)CC2)c1. The van der Waals surface area contributed by atoms with E-state index < -0.39 is 0 Å². The number of nitrogens with one attached hydrogen (secondary N) is 2. The van der Waals surface area contributed by atoms with Gasteiger partial charge in [-0.3, -0.25) is 4.79 Å². The van der Waals surface area contributed by atoms with Gasteiger partial charge in [-0.25, -0.2) is 4.98 Å². The first-order valence-electron chi connectivity index (χ1n) is 9.96. The first-order chi connectivity index (χ1) is 14.6. The Hall–Kier alpha value is -2.74. The number of anilines is 1. The van der Waals surface area contributed by atoms with Crippen LogP contribution in [0.2, 0.25) is 0 Å². The van der Waals surface area contributed by atoms with Gasteiger partial charge in [0.2, 0.25) is 11.9 Å². The van der Waals surface area contributed by atoms with E-state index >= 15 is 0 Å². The van der Waals surface area contributed by atoms with Crippen molar-refractivity contribution in [3.8, 4) is 11.5 Å². The van der Waals surface area contributed by atoms with Crippen molar-refractivity contribution in [2.24, 2.45) is 5.92 Å². The summed E-state index contributed by atoms with van der Waals surface area (Å²) >= 11 is 3.49. The standard InChI is InChI=1S/C22H25BrN4O3/c1-29-17-4-6-20(30-2)15(11-17)13-24-21(28)14-7-9-27(10-8-14)22-25-18-5-3-16(23)12-19(18)26-22/h3-6,11-12,14H,7-10,13H2,1-2H3,(H,24,28)(H,25,26). The van der Waals surface area contributed by atoms with Crippen LogP contribution in [0.25, 0.3) is 11.0 Å². The van der Waals surface area contributed by atoms with E-state index in [-0.39, 0.29) is 11.8 Å². The number of piperidine rings is 1. The predicted octanol–water partition coefficient (Wildman–Crippen LogP) is 3.88. The van der Waals surface area contributed by atoms with Gasteiger partial charge < -0.3 is 24.7 Å². The van der Waals surface area contributed by atoms with Crippen LogP contribution < -0.4 is 19.7 Å². The minimum Gasteiger partial charge on any atom is -0.497 e. The molecule has 8 heteroatoms. The molecule has 0 radical (unpaired) electrons. The number of carbonyl (C=O) groups excluding carboxylic acids is 1. The minimum atomic E-state index is -0.00336. The Morgan fingerprint density at radius 2 is 2.00 bits per heavy atom. The number of hydrogen-bond donors (Lipinski definition) is 2. The average Bonchev–Trinajstić information content (AvgIpc) is 3.20. The van der Waals surface area contributed by atoms with Crippen LogP contribution >= 0.6 is 15.9 Å². The second kappa shape index (κ2) is 8.95. The molecule has 0 spiro atoms. The number of ether oxygens (including phenoxy) is 2. The van der Waals surface area contributed by atoms with Gasteiger partial charge in [0.25, 0.3) is 0 Å². The normalized spacial score (nSPS) is 14.7. The maximum absolute atomic E-state index is 12.7. The lowest BCUT2D eigenvalue weighted by atomic mass is 9.96. The number of halogens is 1. The van der Waals surface area contributed by atoms with Gasteiger partial charge in [0.15, 0.2) is 0 Å². The molecule has 1 aromatic heterocycles. The molecule has 0 atom stereocenters. The van der Waals surface area contributed by atoms with Crippen LogP contribution in [-0.4, -0.2) is 43.2 Å². The number of hydrogen-bond acceptors (Lipinski definition) is 5. The molecule has 0 bridgehead atoms. The lowest BCUT2D eigenvalue weighted by Crippen LogP contribution is -2.40. The van der Waals surface area contributed by atoms with Gasteiger partial charge in [0, 0.05) is 35.6 Å². The highest BCUT2D eigenvalue weighted by molar-refractivity contribution is 9.10. The van der Waals surface area contributed by atoms with Crippen molar-refractivity contribution in [1.29, 1.82) is 0 Å². The number of aromatic nitrogens is 2. The zero-order valence-corrected chi connectivity index (χ0v) is 18.7. The Bertz CT molecular complexity index is 1040. The summed E-state index contributed by atoms with van der Waals surface area (Å²) in [4.78, 5) is 23.0. The molecule has 158 valence electrons. The maximum atomic E-state index is 12.7. The lowest BCUT2D eigenvalue weighted by molar-refractivity contribution is -0.125. The number of H-pyrrole nitrogens is 1. The van der Waals surface area contributed by atoms with Gasteiger partial charge >= 0.3 is 0 Å². The van der Waals surface area contributed by atoms with Crippen molar-refractivity contribution in [3.05, 3.63) is 46.4 Å². The monoisotopic (exact) mass is 472 g/mol. The molecule has 2 aromatic carbocycles. The smallest absolute Gasteiger partial charge is 0.223 e. The van der Waals surface area contributed by atoms with E-state index in [1.54, 1.807) is 14.2 Å². The number of aromatic amines is 1. The highest BCUT2D eigenvalue weighted by Crippen LogP contribution is 2.26. The molecule has 0 aliphatic carbocycles. The fourth-order valence-electron chi connectivity index (χ4n) is 3.82. The maximum Gasteiger partial charge on any atom is 0.223 e. The van der Waals surface area contributed by atoms with Crippen molar-refractivity contribution < 1.29 is 14.3 Å². The zero-order valence-electron chi connectivity index (χ0n) is 17.1. The number of imidazole rings is 1. The van der Waals surface area contributed by atoms with E-state index in [2.05, 4.69) is 36.1 Å². The topological polar surface area (TPSA) is 79.5 Å². The summed E-state index contributed by atoms with van der Waals surface area (Å²) in [6.07, 6.45) is 1.59. The second-order valence-corrected chi connectivity index (χ2v) is 8.29. The van der Waals surface area contributed by atoms with E-state index in [1.165, 1.54) is 0 Å². The first kappa shape index (κ1) is 20.5. The van der Waals surface area contributed by atoms with Crippen molar-refractivity contribution in [2.45, 2.75) is 19.4 Å². The Morgan fingerprint density at radius 3 is 2.73 bits per heavy atom. The Kier molecular flexibility index (Phi) is 6.13. The van der Waals surface area contributed by atoms with E-state index in [0.717, 1.165) is 64.4 Å². The average molecular weight is 473 g/mol. The molecule has 2 N–H and O–H groups in total. The molecule has 1 amide bonds. The fraction of sp³-hybridized carbons (Fsp3) is 0.364. The van der Waals surface area contributed by atoms with Crippen LogP contribution in [-0.2, 0) is 11.3 Å². The Labute approximate surface area is 183 Å². The number of rotatable bonds is 6. The van der Waals surface area contributed by atoms with Crippen LogP contribution in [0.3, 0.4) is 0 Å². The van der Waals surface area contributed by atoms with Gasteiger partial charge in [0.05, 0.1) is 25.3 Å². The third kappa shape index (κ3) is 4.38. The van der Waals surface area contributed by atoms with Crippen molar-refractivity contribution in [1.82, 2.24) is 15.3 Å². The van der Waals surface area contributed by atoms with E-state index in [4.69, 9.17) is 9.47 Å². The summed E-state index contributed by atoms with van der Waals surface area (Å²) < 4.78 is 11.7. The molecule has 0 unspecified atom stereocenters. The molecular formula is C22H25BrN4O3. The number of methoxy groups -OCH3 is 2. The van der Waals surface area contributed by atoms with Crippen LogP contribution in [0.15, 0.2) is 40.9 Å². The van der Waals surface area contributed by atoms with Crippen LogP contribution in [0, 0.1) is 5.92 Å². The van der Waals surface area contributed by atoms with Crippen LogP contribution in [0.5, 0.6) is 11.5 Å². The molecule has 2 heterocycles. The highest BCUT2D eigenvalue weighted by atomic mass is 79.9. The van der Waals surface area contributed by atoms with Crippen molar-refractivity contribution in [2.75, 3.05) is 32.2 Å². The molecule has 1 saturated heterocycles. The summed E-state index contributed by atoms with van der Waals surface area (Å²) in [5.41, 5.74) is 2.85. The van der Waals surface area contributed by atoms with Gasteiger partial charge in [-0.05, 0) is 49.2 Å². The molecule has 1 aliphatic rings. The molecular weight excluding hydrogens is 448 g/mol. The van der Waals surface area contributed by atoms with Gasteiger partial charge in [0.1, 0.15) is 11.5 Å². The fourth-order valence-corrected chi connectivity index (χ4v) is 4.18. The first-order valence-corrected chi connectivity index (χ1v) is 10.8.